The van der Waals surface area contributed by atoms with E-state index < -0.39 is 0 Å². The number of likely N-dealkylation sites (tertiary alicyclic amines) is 1. The molecule has 1 aliphatic carbocycles. The molecule has 3 aliphatic rings. The zero-order chi connectivity index (χ0) is 17.2. The first-order valence-electron chi connectivity index (χ1n) is 9.63. The maximum atomic E-state index is 13.0. The van der Waals surface area contributed by atoms with E-state index in [9.17, 15) is 9.59 Å². The van der Waals surface area contributed by atoms with Gasteiger partial charge in [-0.2, -0.15) is 0 Å². The van der Waals surface area contributed by atoms with Gasteiger partial charge in [-0.3, -0.25) is 9.59 Å². The molecule has 2 heterocycles. The van der Waals surface area contributed by atoms with Gasteiger partial charge in [-0.1, -0.05) is 6.07 Å². The zero-order valence-corrected chi connectivity index (χ0v) is 16.0. The van der Waals surface area contributed by atoms with E-state index in [0.29, 0.717) is 13.1 Å². The van der Waals surface area contributed by atoms with E-state index in [2.05, 4.69) is 17.4 Å². The highest BCUT2D eigenvalue weighted by Crippen LogP contribution is 2.24. The summed E-state index contributed by atoms with van der Waals surface area (Å²) in [5, 5.41) is 3.12. The molecule has 1 aromatic carbocycles. The van der Waals surface area contributed by atoms with Gasteiger partial charge in [0.2, 0.25) is 5.91 Å². The van der Waals surface area contributed by atoms with Crippen LogP contribution in [0.1, 0.15) is 47.2 Å². The Morgan fingerprint density at radius 3 is 2.69 bits per heavy atom. The molecule has 0 spiro atoms. The molecular weight excluding hydrogens is 350 g/mol. The van der Waals surface area contributed by atoms with Gasteiger partial charge in [0, 0.05) is 37.8 Å². The molecule has 0 saturated carbocycles. The van der Waals surface area contributed by atoms with Gasteiger partial charge in [0.1, 0.15) is 0 Å². The number of nitrogens with one attached hydrogen (secondary N) is 1. The number of halogens is 1. The van der Waals surface area contributed by atoms with Crippen molar-refractivity contribution >= 4 is 24.2 Å². The van der Waals surface area contributed by atoms with Crippen LogP contribution in [0.4, 0.5) is 0 Å². The van der Waals surface area contributed by atoms with Crippen molar-refractivity contribution < 1.29 is 9.59 Å². The van der Waals surface area contributed by atoms with Crippen LogP contribution < -0.4 is 5.32 Å². The highest BCUT2D eigenvalue weighted by atomic mass is 35.5. The van der Waals surface area contributed by atoms with Crippen molar-refractivity contribution in [2.24, 2.45) is 0 Å². The Bertz CT molecular complexity index is 679. The van der Waals surface area contributed by atoms with E-state index in [1.54, 1.807) is 0 Å². The molecule has 0 aromatic heterocycles. The summed E-state index contributed by atoms with van der Waals surface area (Å²) in [4.78, 5) is 29.1. The van der Waals surface area contributed by atoms with E-state index in [1.807, 2.05) is 15.9 Å². The third-order valence-electron chi connectivity index (χ3n) is 5.85. The molecule has 2 fully saturated rings. The topological polar surface area (TPSA) is 52.7 Å². The Morgan fingerprint density at radius 1 is 1.08 bits per heavy atom. The summed E-state index contributed by atoms with van der Waals surface area (Å²) in [6, 6.07) is 6.41. The first kappa shape index (κ1) is 19.2. The molecule has 142 valence electrons. The van der Waals surface area contributed by atoms with Gasteiger partial charge in [-0.25, -0.2) is 0 Å². The van der Waals surface area contributed by atoms with Gasteiger partial charge < -0.3 is 15.1 Å². The van der Waals surface area contributed by atoms with Crippen molar-refractivity contribution in [2.75, 3.05) is 32.7 Å². The fourth-order valence-corrected chi connectivity index (χ4v) is 4.45. The van der Waals surface area contributed by atoms with Crippen LogP contribution in [-0.4, -0.2) is 60.4 Å². The third kappa shape index (κ3) is 3.89. The summed E-state index contributed by atoms with van der Waals surface area (Å²) in [6.45, 7) is 3.50. The van der Waals surface area contributed by atoms with E-state index in [4.69, 9.17) is 0 Å². The Morgan fingerprint density at radius 2 is 1.88 bits per heavy atom. The van der Waals surface area contributed by atoms with Gasteiger partial charge in [-0.05, 0) is 61.8 Å². The van der Waals surface area contributed by atoms with Crippen LogP contribution in [0.25, 0.3) is 0 Å². The molecule has 6 heteroatoms. The second kappa shape index (κ2) is 8.40. The predicted molar refractivity (Wildman–Crippen MR) is 104 cm³/mol. The lowest BCUT2D eigenvalue weighted by Gasteiger charge is -2.41. The van der Waals surface area contributed by atoms with Crippen LogP contribution in [-0.2, 0) is 17.6 Å². The van der Waals surface area contributed by atoms with Crippen molar-refractivity contribution in [3.05, 3.63) is 34.9 Å². The first-order chi connectivity index (χ1) is 12.2. The molecule has 0 bridgehead atoms. The molecule has 0 radical (unpaired) electrons. The molecule has 1 aromatic rings. The van der Waals surface area contributed by atoms with Crippen molar-refractivity contribution in [3.63, 3.8) is 0 Å². The largest absolute Gasteiger partial charge is 0.337 e. The Labute approximate surface area is 161 Å². The number of piperidine rings is 1. The maximum absolute atomic E-state index is 13.0. The SMILES string of the molecule is Cl.O=C(c1ccc2c(c1)CCCC2)N1CCCC(N2CCNCC2=O)C1. The highest BCUT2D eigenvalue weighted by molar-refractivity contribution is 5.94. The van der Waals surface area contributed by atoms with Crippen molar-refractivity contribution in [3.8, 4) is 0 Å². The number of carbonyl (C=O) groups excluding carboxylic acids is 2. The Kier molecular flexibility index (Phi) is 6.20. The standard InChI is InChI=1S/C20H27N3O2.ClH/c24-19-13-21-9-11-23(19)18-6-3-10-22(14-18)20(25)17-8-7-15-4-1-2-5-16(15)12-17;/h7-8,12,18,21H,1-6,9-11,13-14H2;1H. The lowest BCUT2D eigenvalue weighted by molar-refractivity contribution is -0.135. The minimum absolute atomic E-state index is 0. The van der Waals surface area contributed by atoms with Gasteiger partial charge in [0.05, 0.1) is 6.54 Å². The fourth-order valence-electron chi connectivity index (χ4n) is 4.45. The lowest BCUT2D eigenvalue weighted by Crippen LogP contribution is -2.57. The quantitative estimate of drug-likeness (QED) is 0.857. The molecule has 4 rings (SSSR count). The summed E-state index contributed by atoms with van der Waals surface area (Å²) in [5.74, 6) is 0.292. The van der Waals surface area contributed by atoms with E-state index in [0.717, 1.165) is 50.9 Å². The molecule has 5 nitrogen and oxygen atoms in total. The summed E-state index contributed by atoms with van der Waals surface area (Å²) < 4.78 is 0. The fraction of sp³-hybridized carbons (Fsp3) is 0.600. The third-order valence-corrected chi connectivity index (χ3v) is 5.85. The van der Waals surface area contributed by atoms with E-state index >= 15 is 0 Å². The number of hydrogen-bond acceptors (Lipinski definition) is 3. The van der Waals surface area contributed by atoms with Crippen LogP contribution >= 0.6 is 12.4 Å². The number of nitrogens with zero attached hydrogens (tertiary/aromatic N) is 2. The van der Waals surface area contributed by atoms with E-state index in [1.165, 1.54) is 24.0 Å². The lowest BCUT2D eigenvalue weighted by atomic mass is 9.90. The van der Waals surface area contributed by atoms with Crippen molar-refractivity contribution in [1.29, 1.82) is 0 Å². The van der Waals surface area contributed by atoms with Crippen molar-refractivity contribution in [1.82, 2.24) is 15.1 Å². The minimum atomic E-state index is 0. The van der Waals surface area contributed by atoms with Crippen LogP contribution in [0.15, 0.2) is 18.2 Å². The van der Waals surface area contributed by atoms with Gasteiger partial charge in [0.25, 0.3) is 5.91 Å². The number of rotatable bonds is 2. The molecular formula is C20H28ClN3O2. The number of piperazine rings is 1. The highest BCUT2D eigenvalue weighted by Gasteiger charge is 2.32. The number of aryl methyl sites for hydroxylation is 2. The average Bonchev–Trinajstić information content (AvgIpc) is 2.67. The molecule has 1 unspecified atom stereocenters. The Balaban J connectivity index is 0.00000196. The molecule has 2 saturated heterocycles. The molecule has 1 atom stereocenters. The predicted octanol–water partition coefficient (Wildman–Crippen LogP) is 2.02. The number of benzene rings is 1. The van der Waals surface area contributed by atoms with Crippen LogP contribution in [0, 0.1) is 0 Å². The summed E-state index contributed by atoms with van der Waals surface area (Å²) in [6.07, 6.45) is 6.68. The molecule has 2 aliphatic heterocycles. The average molecular weight is 378 g/mol. The maximum Gasteiger partial charge on any atom is 0.253 e. The van der Waals surface area contributed by atoms with E-state index in [-0.39, 0.29) is 30.3 Å². The monoisotopic (exact) mass is 377 g/mol. The summed E-state index contributed by atoms with van der Waals surface area (Å²) in [7, 11) is 0. The smallest absolute Gasteiger partial charge is 0.253 e. The summed E-state index contributed by atoms with van der Waals surface area (Å²) in [5.41, 5.74) is 3.57. The number of fused-ring (bicyclic) bond motifs is 1. The number of hydrogen-bond donors (Lipinski definition) is 1. The van der Waals surface area contributed by atoms with Crippen LogP contribution in [0.3, 0.4) is 0 Å². The summed E-state index contributed by atoms with van der Waals surface area (Å²) >= 11 is 0. The molecule has 2 amide bonds. The van der Waals surface area contributed by atoms with Crippen LogP contribution in [0.5, 0.6) is 0 Å². The number of amides is 2. The Hall–Kier alpha value is -1.59. The second-order valence-corrected chi connectivity index (χ2v) is 7.50. The minimum Gasteiger partial charge on any atom is -0.337 e. The van der Waals surface area contributed by atoms with Gasteiger partial charge >= 0.3 is 0 Å². The first-order valence-corrected chi connectivity index (χ1v) is 9.63. The van der Waals surface area contributed by atoms with Gasteiger partial charge in [0.15, 0.2) is 0 Å². The molecule has 1 N–H and O–H groups in total. The van der Waals surface area contributed by atoms with Crippen molar-refractivity contribution in [2.45, 2.75) is 44.6 Å². The van der Waals surface area contributed by atoms with Crippen LogP contribution in [0.2, 0.25) is 0 Å². The second-order valence-electron chi connectivity index (χ2n) is 7.50. The normalized spacial score (nSPS) is 23.2. The zero-order valence-electron chi connectivity index (χ0n) is 15.2. The molecule has 26 heavy (non-hydrogen) atoms. The number of carbonyl (C=O) groups is 2. The van der Waals surface area contributed by atoms with Gasteiger partial charge in [-0.15, -0.1) is 12.4 Å².